The summed E-state index contributed by atoms with van der Waals surface area (Å²) in [4.78, 5) is 3.88. The van der Waals surface area contributed by atoms with Crippen molar-refractivity contribution in [3.05, 3.63) is 16.1 Å². The molecular weight excluding hydrogens is 170 g/mol. The number of nitrogens with two attached hydrogens (primary N) is 1. The summed E-state index contributed by atoms with van der Waals surface area (Å²) >= 11 is 1.42. The van der Waals surface area contributed by atoms with E-state index in [0.717, 1.165) is 5.01 Å². The Morgan fingerprint density at radius 1 is 1.80 bits per heavy atom. The molecule has 3 nitrogen and oxygen atoms in total. The van der Waals surface area contributed by atoms with E-state index in [1.54, 1.807) is 5.38 Å². The molecule has 0 unspecified atom stereocenters. The van der Waals surface area contributed by atoms with Gasteiger partial charge in [-0.1, -0.05) is 0 Å². The molecule has 1 rings (SSSR count). The van der Waals surface area contributed by atoms with Crippen LogP contribution in [0.2, 0.25) is 0 Å². The molecule has 0 aliphatic heterocycles. The fourth-order valence-corrected chi connectivity index (χ4v) is 1.06. The summed E-state index contributed by atoms with van der Waals surface area (Å²) in [6.07, 6.45) is 0. The maximum atomic E-state index is 8.30. The van der Waals surface area contributed by atoms with Gasteiger partial charge in [0.25, 0.3) is 0 Å². The van der Waals surface area contributed by atoms with Gasteiger partial charge >= 0.3 is 0 Å². The highest BCUT2D eigenvalue weighted by Crippen LogP contribution is 2.06. The van der Waals surface area contributed by atoms with Crippen LogP contribution in [0.15, 0.2) is 5.38 Å². The SMILES string of the molecule is Cl.N#Cc1csc(CN)n1. The highest BCUT2D eigenvalue weighted by Gasteiger charge is 1.95. The molecule has 0 saturated carbocycles. The average Bonchev–Trinajstić information content (AvgIpc) is 2.34. The van der Waals surface area contributed by atoms with E-state index >= 15 is 0 Å². The Bertz CT molecular complexity index is 239. The normalized spacial score (nSPS) is 8.00. The number of rotatable bonds is 1. The van der Waals surface area contributed by atoms with E-state index in [2.05, 4.69) is 4.98 Å². The summed E-state index contributed by atoms with van der Waals surface area (Å²) in [5.74, 6) is 0. The van der Waals surface area contributed by atoms with Crippen LogP contribution in [0.3, 0.4) is 0 Å². The van der Waals surface area contributed by atoms with Gasteiger partial charge in [-0.15, -0.1) is 23.7 Å². The Kier molecular flexibility index (Phi) is 3.96. The largest absolute Gasteiger partial charge is 0.325 e. The molecule has 0 amide bonds. The first-order valence-electron chi connectivity index (χ1n) is 2.41. The van der Waals surface area contributed by atoms with Gasteiger partial charge in [0, 0.05) is 11.9 Å². The molecular formula is C5H6ClN3S. The average molecular weight is 176 g/mol. The van der Waals surface area contributed by atoms with Gasteiger partial charge < -0.3 is 5.73 Å². The van der Waals surface area contributed by atoms with Crippen molar-refractivity contribution in [3.8, 4) is 6.07 Å². The number of aromatic nitrogens is 1. The van der Waals surface area contributed by atoms with Gasteiger partial charge in [0.2, 0.25) is 0 Å². The van der Waals surface area contributed by atoms with E-state index in [-0.39, 0.29) is 12.4 Å². The second-order valence-corrected chi connectivity index (χ2v) is 2.39. The van der Waals surface area contributed by atoms with Crippen LogP contribution in [0, 0.1) is 11.3 Å². The van der Waals surface area contributed by atoms with E-state index in [1.807, 2.05) is 6.07 Å². The van der Waals surface area contributed by atoms with Crippen molar-refractivity contribution in [2.75, 3.05) is 0 Å². The number of nitrogens with zero attached hydrogens (tertiary/aromatic N) is 2. The molecule has 0 saturated heterocycles. The molecule has 10 heavy (non-hydrogen) atoms. The molecule has 0 aliphatic rings. The summed E-state index contributed by atoms with van der Waals surface area (Å²) in [6, 6.07) is 1.93. The molecule has 0 aromatic carbocycles. The highest BCUT2D eigenvalue weighted by molar-refractivity contribution is 7.09. The van der Waals surface area contributed by atoms with Gasteiger partial charge in [-0.25, -0.2) is 4.98 Å². The van der Waals surface area contributed by atoms with Crippen LogP contribution in [0.25, 0.3) is 0 Å². The van der Waals surface area contributed by atoms with E-state index < -0.39 is 0 Å². The van der Waals surface area contributed by atoms with Crippen molar-refractivity contribution in [1.82, 2.24) is 4.98 Å². The first-order valence-corrected chi connectivity index (χ1v) is 3.29. The highest BCUT2D eigenvalue weighted by atomic mass is 35.5. The zero-order valence-electron chi connectivity index (χ0n) is 5.07. The van der Waals surface area contributed by atoms with Crippen molar-refractivity contribution < 1.29 is 0 Å². The Morgan fingerprint density at radius 2 is 2.50 bits per heavy atom. The molecule has 1 aromatic rings. The summed E-state index contributed by atoms with van der Waals surface area (Å²) < 4.78 is 0. The molecule has 5 heteroatoms. The third kappa shape index (κ3) is 1.95. The number of halogens is 1. The minimum Gasteiger partial charge on any atom is -0.325 e. The summed E-state index contributed by atoms with van der Waals surface area (Å²) in [5, 5.41) is 10.8. The molecule has 1 aromatic heterocycles. The third-order valence-electron chi connectivity index (χ3n) is 0.841. The predicted octanol–water partition coefficient (Wildman–Crippen LogP) is 0.895. The second-order valence-electron chi connectivity index (χ2n) is 1.44. The van der Waals surface area contributed by atoms with Crippen LogP contribution in [-0.4, -0.2) is 4.98 Å². The maximum Gasteiger partial charge on any atom is 0.151 e. The first kappa shape index (κ1) is 9.37. The van der Waals surface area contributed by atoms with Crippen LogP contribution < -0.4 is 5.73 Å². The number of nitriles is 1. The van der Waals surface area contributed by atoms with E-state index in [0.29, 0.717) is 12.2 Å². The van der Waals surface area contributed by atoms with Crippen LogP contribution in [0.4, 0.5) is 0 Å². The molecule has 0 aliphatic carbocycles. The van der Waals surface area contributed by atoms with Crippen molar-refractivity contribution in [2.45, 2.75) is 6.54 Å². The minimum absolute atomic E-state index is 0. The molecule has 2 N–H and O–H groups in total. The molecule has 1 heterocycles. The number of hydrogen-bond acceptors (Lipinski definition) is 4. The molecule has 0 radical (unpaired) electrons. The smallest absolute Gasteiger partial charge is 0.151 e. The van der Waals surface area contributed by atoms with Crippen molar-refractivity contribution in [2.24, 2.45) is 5.73 Å². The fraction of sp³-hybridized carbons (Fsp3) is 0.200. The van der Waals surface area contributed by atoms with Gasteiger partial charge in [0.15, 0.2) is 5.69 Å². The molecule has 0 fully saturated rings. The van der Waals surface area contributed by atoms with Gasteiger partial charge in [-0.05, 0) is 0 Å². The van der Waals surface area contributed by atoms with Crippen molar-refractivity contribution >= 4 is 23.7 Å². The van der Waals surface area contributed by atoms with Crippen LogP contribution >= 0.6 is 23.7 Å². The Balaban J connectivity index is 0.000000810. The van der Waals surface area contributed by atoms with E-state index in [1.165, 1.54) is 11.3 Å². The van der Waals surface area contributed by atoms with Gasteiger partial charge in [0.1, 0.15) is 11.1 Å². The molecule has 0 bridgehead atoms. The number of hydrogen-bond donors (Lipinski definition) is 1. The van der Waals surface area contributed by atoms with E-state index in [4.69, 9.17) is 11.0 Å². The Hall–Kier alpha value is -0.630. The Labute approximate surface area is 68.9 Å². The quantitative estimate of drug-likeness (QED) is 0.690. The first-order chi connectivity index (χ1) is 4.36. The summed E-state index contributed by atoms with van der Waals surface area (Å²) in [5.41, 5.74) is 5.72. The maximum absolute atomic E-state index is 8.30. The monoisotopic (exact) mass is 175 g/mol. The van der Waals surface area contributed by atoms with Gasteiger partial charge in [-0.3, -0.25) is 0 Å². The summed E-state index contributed by atoms with van der Waals surface area (Å²) in [7, 11) is 0. The lowest BCUT2D eigenvalue weighted by Gasteiger charge is -1.79. The minimum atomic E-state index is 0. The zero-order valence-corrected chi connectivity index (χ0v) is 6.71. The standard InChI is InChI=1S/C5H5N3S.ClH/c6-1-4-3-9-5(2-7)8-4;/h3H,2,7H2;1H. The van der Waals surface area contributed by atoms with Crippen molar-refractivity contribution in [1.29, 1.82) is 5.26 Å². The van der Waals surface area contributed by atoms with Gasteiger partial charge in [-0.2, -0.15) is 5.26 Å². The van der Waals surface area contributed by atoms with Crippen LogP contribution in [-0.2, 0) is 6.54 Å². The molecule has 0 atom stereocenters. The lowest BCUT2D eigenvalue weighted by atomic mass is 10.5. The van der Waals surface area contributed by atoms with E-state index in [9.17, 15) is 0 Å². The Morgan fingerprint density at radius 3 is 2.80 bits per heavy atom. The predicted molar refractivity (Wildman–Crippen MR) is 42.0 cm³/mol. The number of thiazole rings is 1. The van der Waals surface area contributed by atoms with Crippen molar-refractivity contribution in [3.63, 3.8) is 0 Å². The zero-order chi connectivity index (χ0) is 6.69. The molecule has 0 spiro atoms. The lowest BCUT2D eigenvalue weighted by molar-refractivity contribution is 1.03. The van der Waals surface area contributed by atoms with Crippen LogP contribution in [0.1, 0.15) is 10.7 Å². The summed E-state index contributed by atoms with van der Waals surface area (Å²) in [6.45, 7) is 0.423. The van der Waals surface area contributed by atoms with Gasteiger partial charge in [0.05, 0.1) is 0 Å². The fourth-order valence-electron chi connectivity index (χ4n) is 0.456. The van der Waals surface area contributed by atoms with Crippen LogP contribution in [0.5, 0.6) is 0 Å². The second kappa shape index (κ2) is 4.23. The topological polar surface area (TPSA) is 62.7 Å². The lowest BCUT2D eigenvalue weighted by Crippen LogP contribution is -1.94. The molecule has 54 valence electrons. The third-order valence-corrected chi connectivity index (χ3v) is 1.71.